The van der Waals surface area contributed by atoms with Gasteiger partial charge in [-0.2, -0.15) is 0 Å². The normalized spacial score (nSPS) is 13.7. The number of hydrogen-bond acceptors (Lipinski definition) is 6. The largest absolute Gasteiger partial charge is 0.477 e. The minimum Gasteiger partial charge on any atom is -0.477 e. The van der Waals surface area contributed by atoms with Crippen LogP contribution in [-0.2, 0) is 28.6 Å². The van der Waals surface area contributed by atoms with Crippen LogP contribution in [0, 0.1) is 0 Å². The van der Waals surface area contributed by atoms with Crippen LogP contribution in [0.15, 0.2) is 60.8 Å². The number of carbonyl (C=O) groups excluding carboxylic acids is 2. The fourth-order valence-electron chi connectivity index (χ4n) is 5.33. The Morgan fingerprint density at radius 1 is 0.608 bits per heavy atom. The molecule has 292 valence electrons. The van der Waals surface area contributed by atoms with E-state index in [1.807, 2.05) is 27.2 Å². The lowest BCUT2D eigenvalue weighted by atomic mass is 10.1. The van der Waals surface area contributed by atoms with Gasteiger partial charge in [0, 0.05) is 19.3 Å². The van der Waals surface area contributed by atoms with Crippen LogP contribution in [0.1, 0.15) is 142 Å². The predicted molar refractivity (Wildman–Crippen MR) is 211 cm³/mol. The molecule has 0 aromatic heterocycles. The van der Waals surface area contributed by atoms with Crippen molar-refractivity contribution in [1.29, 1.82) is 0 Å². The first-order valence-electron chi connectivity index (χ1n) is 19.8. The van der Waals surface area contributed by atoms with Gasteiger partial charge in [0.25, 0.3) is 0 Å². The zero-order valence-corrected chi connectivity index (χ0v) is 33.0. The molecule has 0 aliphatic heterocycles. The standard InChI is InChI=1S/C43H73NO7/c1-6-8-10-12-14-15-16-17-18-19-20-21-22-23-24-25-26-28-29-31-33-41(45)50-38-39(37-49-36-35-40(43(47)48)44(3,4)5)51-42(46)34-32-30-27-13-11-9-7-2/h8,10,14-15,17-18,20-21,27,30,39-40H,6-7,9,11-13,16,19,22-26,28-29,31-38H2,1-5H3/p+1/b10-8+,15-14+,18-17+,21-20+,30-27+. The maximum absolute atomic E-state index is 12.5. The van der Waals surface area contributed by atoms with Crippen LogP contribution in [0.25, 0.3) is 0 Å². The van der Waals surface area contributed by atoms with Crippen molar-refractivity contribution in [2.45, 2.75) is 154 Å². The number of nitrogens with zero attached hydrogens (tertiary/aromatic N) is 1. The van der Waals surface area contributed by atoms with E-state index in [-0.39, 0.29) is 42.7 Å². The molecule has 0 saturated heterocycles. The number of carbonyl (C=O) groups is 3. The molecule has 8 heteroatoms. The monoisotopic (exact) mass is 717 g/mol. The third-order valence-corrected chi connectivity index (χ3v) is 8.41. The molecule has 2 unspecified atom stereocenters. The summed E-state index contributed by atoms with van der Waals surface area (Å²) in [5.41, 5.74) is 0. The van der Waals surface area contributed by atoms with E-state index in [4.69, 9.17) is 14.2 Å². The van der Waals surface area contributed by atoms with E-state index in [1.54, 1.807) is 0 Å². The number of ether oxygens (including phenoxy) is 3. The summed E-state index contributed by atoms with van der Waals surface area (Å²) in [6.07, 6.45) is 40.1. The second kappa shape index (κ2) is 34.1. The second-order valence-corrected chi connectivity index (χ2v) is 14.1. The Hall–Kier alpha value is -2.97. The van der Waals surface area contributed by atoms with Crippen molar-refractivity contribution in [2.24, 2.45) is 0 Å². The fourth-order valence-corrected chi connectivity index (χ4v) is 5.33. The summed E-state index contributed by atoms with van der Waals surface area (Å²) in [5.74, 6) is -1.56. The maximum atomic E-state index is 12.5. The minimum atomic E-state index is -0.886. The summed E-state index contributed by atoms with van der Waals surface area (Å²) in [7, 11) is 5.49. The maximum Gasteiger partial charge on any atom is 0.362 e. The first-order valence-corrected chi connectivity index (χ1v) is 19.8. The number of carboxylic acids is 1. The molecule has 2 atom stereocenters. The number of rotatable bonds is 34. The summed E-state index contributed by atoms with van der Waals surface area (Å²) in [6, 6.07) is -0.621. The summed E-state index contributed by atoms with van der Waals surface area (Å²) < 4.78 is 17.1. The Morgan fingerprint density at radius 2 is 1.14 bits per heavy atom. The van der Waals surface area contributed by atoms with E-state index in [1.165, 1.54) is 38.5 Å². The van der Waals surface area contributed by atoms with Gasteiger partial charge in [0.05, 0.1) is 34.4 Å². The molecule has 0 aromatic carbocycles. The zero-order valence-electron chi connectivity index (χ0n) is 33.0. The highest BCUT2D eigenvalue weighted by atomic mass is 16.6. The molecule has 1 N–H and O–H groups in total. The lowest BCUT2D eigenvalue weighted by molar-refractivity contribution is -0.887. The van der Waals surface area contributed by atoms with E-state index >= 15 is 0 Å². The van der Waals surface area contributed by atoms with Crippen LogP contribution in [-0.4, -0.2) is 80.6 Å². The molecule has 0 aromatic rings. The number of allylic oxidation sites excluding steroid dienone is 10. The highest BCUT2D eigenvalue weighted by Crippen LogP contribution is 2.12. The smallest absolute Gasteiger partial charge is 0.362 e. The van der Waals surface area contributed by atoms with Gasteiger partial charge in [-0.1, -0.05) is 120 Å². The molecule has 0 fully saturated rings. The molecule has 0 aliphatic carbocycles. The highest BCUT2D eigenvalue weighted by Gasteiger charge is 2.31. The molecule has 0 spiro atoms. The molecule has 0 saturated carbocycles. The summed E-state index contributed by atoms with van der Waals surface area (Å²) in [5, 5.41) is 9.56. The quantitative estimate of drug-likeness (QED) is 0.0306. The van der Waals surface area contributed by atoms with Crippen molar-refractivity contribution < 1.29 is 38.2 Å². The zero-order chi connectivity index (χ0) is 37.8. The van der Waals surface area contributed by atoms with Gasteiger partial charge in [-0.25, -0.2) is 4.79 Å². The van der Waals surface area contributed by atoms with Gasteiger partial charge in [-0.15, -0.1) is 0 Å². The lowest BCUT2D eigenvalue weighted by Crippen LogP contribution is -2.50. The SMILES string of the molecule is CC/C=C/C/C=C/C/C=C/C/C=C/CCCCCCCCCC(=O)OCC(COCCC(C(=O)O)[N+](C)(C)C)OC(=O)CC/C=C/CCCCC. The first kappa shape index (κ1) is 48.0. The van der Waals surface area contributed by atoms with E-state index in [2.05, 4.69) is 68.5 Å². The first-order chi connectivity index (χ1) is 24.6. The Morgan fingerprint density at radius 3 is 1.73 bits per heavy atom. The summed E-state index contributed by atoms with van der Waals surface area (Å²) >= 11 is 0. The molecule has 0 bridgehead atoms. The van der Waals surface area contributed by atoms with Crippen LogP contribution >= 0.6 is 0 Å². The van der Waals surface area contributed by atoms with Crippen LogP contribution in [0.5, 0.6) is 0 Å². The van der Waals surface area contributed by atoms with Crippen molar-refractivity contribution in [1.82, 2.24) is 0 Å². The van der Waals surface area contributed by atoms with Crippen molar-refractivity contribution in [2.75, 3.05) is 41.0 Å². The van der Waals surface area contributed by atoms with Gasteiger partial charge in [0.2, 0.25) is 0 Å². The summed E-state index contributed by atoms with van der Waals surface area (Å²) in [4.78, 5) is 36.6. The van der Waals surface area contributed by atoms with Crippen LogP contribution in [0.3, 0.4) is 0 Å². The number of quaternary nitrogens is 1. The van der Waals surface area contributed by atoms with Gasteiger partial charge in [-0.3, -0.25) is 9.59 Å². The van der Waals surface area contributed by atoms with Gasteiger partial charge in [0.1, 0.15) is 6.61 Å². The number of carboxylic acid groups (broad SMARTS) is 1. The molecule has 8 nitrogen and oxygen atoms in total. The molecule has 0 radical (unpaired) electrons. The molecule has 0 aliphatic rings. The number of unbranched alkanes of at least 4 members (excludes halogenated alkanes) is 10. The molecule has 51 heavy (non-hydrogen) atoms. The van der Waals surface area contributed by atoms with Gasteiger partial charge >= 0.3 is 17.9 Å². The number of hydrogen-bond donors (Lipinski definition) is 1. The molecular formula is C43H74NO7+. The topological polar surface area (TPSA) is 99.1 Å². The van der Waals surface area contributed by atoms with E-state index in [0.717, 1.165) is 64.2 Å². The average molecular weight is 717 g/mol. The molecule has 0 amide bonds. The fraction of sp³-hybridized carbons (Fsp3) is 0.698. The lowest BCUT2D eigenvalue weighted by Gasteiger charge is -2.31. The van der Waals surface area contributed by atoms with Crippen LogP contribution in [0.4, 0.5) is 0 Å². The molecular weight excluding hydrogens is 642 g/mol. The van der Waals surface area contributed by atoms with Crippen molar-refractivity contribution >= 4 is 17.9 Å². The Bertz CT molecular complexity index is 1020. The van der Waals surface area contributed by atoms with Gasteiger partial charge in [0.15, 0.2) is 12.1 Å². The third kappa shape index (κ3) is 32.7. The van der Waals surface area contributed by atoms with Gasteiger partial charge in [-0.05, 0) is 64.2 Å². The van der Waals surface area contributed by atoms with Crippen LogP contribution in [0.2, 0.25) is 0 Å². The Balaban J connectivity index is 4.29. The number of likely N-dealkylation sites (N-methyl/N-ethyl adjacent to an activating group) is 1. The van der Waals surface area contributed by atoms with E-state index < -0.39 is 18.1 Å². The minimum absolute atomic E-state index is 0.0393. The van der Waals surface area contributed by atoms with Crippen molar-refractivity contribution in [3.8, 4) is 0 Å². The second-order valence-electron chi connectivity index (χ2n) is 14.1. The van der Waals surface area contributed by atoms with Crippen molar-refractivity contribution in [3.63, 3.8) is 0 Å². The number of aliphatic carboxylic acids is 1. The van der Waals surface area contributed by atoms with Crippen molar-refractivity contribution in [3.05, 3.63) is 60.8 Å². The summed E-state index contributed by atoms with van der Waals surface area (Å²) in [6.45, 7) is 4.48. The molecule has 0 heterocycles. The molecule has 0 rings (SSSR count). The average Bonchev–Trinajstić information content (AvgIpc) is 3.08. The number of esters is 2. The third-order valence-electron chi connectivity index (χ3n) is 8.41. The Labute approximate surface area is 311 Å². The van der Waals surface area contributed by atoms with Crippen LogP contribution < -0.4 is 0 Å². The van der Waals surface area contributed by atoms with E-state index in [0.29, 0.717) is 19.3 Å². The Kier molecular flexibility index (Phi) is 32.1. The van der Waals surface area contributed by atoms with E-state index in [9.17, 15) is 19.5 Å². The highest BCUT2D eigenvalue weighted by molar-refractivity contribution is 5.72. The predicted octanol–water partition coefficient (Wildman–Crippen LogP) is 10.2. The van der Waals surface area contributed by atoms with Gasteiger partial charge < -0.3 is 23.8 Å².